The van der Waals surface area contributed by atoms with Crippen LogP contribution in [0.5, 0.6) is 0 Å². The van der Waals surface area contributed by atoms with E-state index in [-0.39, 0.29) is 6.03 Å². The van der Waals surface area contributed by atoms with Crippen LogP contribution in [0.2, 0.25) is 0 Å². The zero-order valence-corrected chi connectivity index (χ0v) is 6.91. The normalized spacial score (nSPS) is 16.3. The SMILES string of the molecule is O=C1NCC=CN1c1csnn1. The highest BCUT2D eigenvalue weighted by molar-refractivity contribution is 7.03. The van der Waals surface area contributed by atoms with Gasteiger partial charge in [-0.25, -0.2) is 4.79 Å². The molecule has 1 aliphatic heterocycles. The molecule has 0 radical (unpaired) electrons. The fraction of sp³-hybridized carbons (Fsp3) is 0.167. The Hall–Kier alpha value is -1.43. The number of amides is 2. The topological polar surface area (TPSA) is 58.1 Å². The van der Waals surface area contributed by atoms with E-state index in [1.54, 1.807) is 11.6 Å². The molecule has 0 unspecified atom stereocenters. The van der Waals surface area contributed by atoms with Crippen molar-refractivity contribution in [1.82, 2.24) is 14.9 Å². The number of rotatable bonds is 1. The van der Waals surface area contributed by atoms with Crippen molar-refractivity contribution in [3.8, 4) is 0 Å². The van der Waals surface area contributed by atoms with E-state index in [9.17, 15) is 4.79 Å². The summed E-state index contributed by atoms with van der Waals surface area (Å²) in [7, 11) is 0. The van der Waals surface area contributed by atoms with Crippen LogP contribution in [-0.2, 0) is 0 Å². The van der Waals surface area contributed by atoms with E-state index in [0.29, 0.717) is 12.4 Å². The van der Waals surface area contributed by atoms with Crippen LogP contribution in [0.3, 0.4) is 0 Å². The van der Waals surface area contributed by atoms with Crippen molar-refractivity contribution < 1.29 is 4.79 Å². The molecule has 1 N–H and O–H groups in total. The number of hydrogen-bond acceptors (Lipinski definition) is 4. The van der Waals surface area contributed by atoms with Gasteiger partial charge in [0.15, 0.2) is 5.82 Å². The Morgan fingerprint density at radius 2 is 2.58 bits per heavy atom. The molecule has 6 heteroatoms. The Balaban J connectivity index is 2.28. The van der Waals surface area contributed by atoms with Crippen LogP contribution in [0.1, 0.15) is 0 Å². The van der Waals surface area contributed by atoms with Crippen molar-refractivity contribution in [2.75, 3.05) is 11.4 Å². The maximum atomic E-state index is 11.2. The predicted octanol–water partition coefficient (Wildman–Crippen LogP) is 0.581. The Morgan fingerprint density at radius 3 is 3.25 bits per heavy atom. The molecule has 62 valence electrons. The van der Waals surface area contributed by atoms with E-state index in [2.05, 4.69) is 14.9 Å². The van der Waals surface area contributed by atoms with Gasteiger partial charge in [-0.2, -0.15) is 0 Å². The van der Waals surface area contributed by atoms with Crippen LogP contribution in [0, 0.1) is 0 Å². The quantitative estimate of drug-likeness (QED) is 0.691. The van der Waals surface area contributed by atoms with Gasteiger partial charge in [0.25, 0.3) is 0 Å². The third-order valence-electron chi connectivity index (χ3n) is 1.44. The second-order valence-corrected chi connectivity index (χ2v) is 2.81. The third kappa shape index (κ3) is 1.16. The van der Waals surface area contributed by atoms with Crippen molar-refractivity contribution in [1.29, 1.82) is 0 Å². The summed E-state index contributed by atoms with van der Waals surface area (Å²) in [4.78, 5) is 12.6. The summed E-state index contributed by atoms with van der Waals surface area (Å²) < 4.78 is 3.67. The van der Waals surface area contributed by atoms with Crippen LogP contribution in [0.15, 0.2) is 17.7 Å². The second-order valence-electron chi connectivity index (χ2n) is 2.20. The summed E-state index contributed by atoms with van der Waals surface area (Å²) >= 11 is 1.22. The molecule has 0 saturated heterocycles. The number of carbonyl (C=O) groups excluding carboxylic acids is 1. The molecule has 0 aromatic carbocycles. The van der Waals surface area contributed by atoms with Crippen LogP contribution in [0.25, 0.3) is 0 Å². The zero-order valence-electron chi connectivity index (χ0n) is 6.10. The molecule has 2 amide bonds. The molecule has 0 aliphatic carbocycles. The third-order valence-corrected chi connectivity index (χ3v) is 1.93. The average molecular weight is 182 g/mol. The van der Waals surface area contributed by atoms with Gasteiger partial charge in [0.05, 0.1) is 5.38 Å². The first-order valence-electron chi connectivity index (χ1n) is 3.39. The maximum absolute atomic E-state index is 11.2. The molecular weight excluding hydrogens is 176 g/mol. The van der Waals surface area contributed by atoms with Gasteiger partial charge in [0.2, 0.25) is 0 Å². The highest BCUT2D eigenvalue weighted by atomic mass is 32.1. The second kappa shape index (κ2) is 2.90. The van der Waals surface area contributed by atoms with Crippen LogP contribution >= 0.6 is 11.5 Å². The number of nitrogens with one attached hydrogen (secondary N) is 1. The number of anilines is 1. The minimum atomic E-state index is -0.162. The number of aromatic nitrogens is 2. The summed E-state index contributed by atoms with van der Waals surface area (Å²) in [6.07, 6.45) is 3.54. The van der Waals surface area contributed by atoms with Crippen molar-refractivity contribution in [3.05, 3.63) is 17.7 Å². The predicted molar refractivity (Wildman–Crippen MR) is 44.9 cm³/mol. The lowest BCUT2D eigenvalue weighted by Gasteiger charge is -2.18. The van der Waals surface area contributed by atoms with E-state index >= 15 is 0 Å². The Labute approximate surface area is 72.9 Å². The van der Waals surface area contributed by atoms with E-state index < -0.39 is 0 Å². The lowest BCUT2D eigenvalue weighted by Crippen LogP contribution is -2.40. The molecule has 2 rings (SSSR count). The fourth-order valence-corrected chi connectivity index (χ4v) is 1.34. The standard InChI is InChI=1S/C6H6N4OS/c11-6-7-2-1-3-10(6)5-4-12-9-8-5/h1,3-4H,2H2,(H,7,11). The van der Waals surface area contributed by atoms with Gasteiger partial charge in [-0.1, -0.05) is 4.49 Å². The zero-order chi connectivity index (χ0) is 8.39. The first-order chi connectivity index (χ1) is 5.88. The van der Waals surface area contributed by atoms with Crippen molar-refractivity contribution in [2.45, 2.75) is 0 Å². The van der Waals surface area contributed by atoms with Gasteiger partial charge in [0, 0.05) is 12.7 Å². The lowest BCUT2D eigenvalue weighted by atomic mass is 10.4. The van der Waals surface area contributed by atoms with Crippen molar-refractivity contribution in [3.63, 3.8) is 0 Å². The molecule has 1 aromatic heterocycles. The van der Waals surface area contributed by atoms with Crippen molar-refractivity contribution in [2.24, 2.45) is 0 Å². The van der Waals surface area contributed by atoms with Gasteiger partial charge in [0.1, 0.15) is 0 Å². The average Bonchev–Trinajstić information content (AvgIpc) is 2.57. The first-order valence-corrected chi connectivity index (χ1v) is 4.22. The van der Waals surface area contributed by atoms with Gasteiger partial charge < -0.3 is 5.32 Å². The highest BCUT2D eigenvalue weighted by Gasteiger charge is 2.16. The maximum Gasteiger partial charge on any atom is 0.327 e. The van der Waals surface area contributed by atoms with Crippen molar-refractivity contribution >= 4 is 23.4 Å². The number of hydrogen-bond donors (Lipinski definition) is 1. The van der Waals surface area contributed by atoms with Gasteiger partial charge >= 0.3 is 6.03 Å². The smallest absolute Gasteiger partial charge is 0.327 e. The minimum Gasteiger partial charge on any atom is -0.334 e. The van der Waals surface area contributed by atoms with Gasteiger partial charge in [-0.3, -0.25) is 4.90 Å². The summed E-state index contributed by atoms with van der Waals surface area (Å²) in [5, 5.41) is 8.15. The molecule has 0 fully saturated rings. The number of carbonyl (C=O) groups is 1. The van der Waals surface area contributed by atoms with Crippen LogP contribution in [-0.4, -0.2) is 22.2 Å². The molecule has 5 nitrogen and oxygen atoms in total. The summed E-state index contributed by atoms with van der Waals surface area (Å²) in [5.41, 5.74) is 0. The molecule has 12 heavy (non-hydrogen) atoms. The highest BCUT2D eigenvalue weighted by Crippen LogP contribution is 2.13. The lowest BCUT2D eigenvalue weighted by molar-refractivity contribution is 0.248. The number of urea groups is 1. The first kappa shape index (κ1) is 7.23. The van der Waals surface area contributed by atoms with E-state index in [0.717, 1.165) is 0 Å². The monoisotopic (exact) mass is 182 g/mol. The molecule has 1 aliphatic rings. The van der Waals surface area contributed by atoms with Crippen LogP contribution in [0.4, 0.5) is 10.6 Å². The summed E-state index contributed by atoms with van der Waals surface area (Å²) in [5.74, 6) is 0.563. The Bertz CT molecular complexity index is 307. The Kier molecular flexibility index (Phi) is 1.75. The molecular formula is C6H6N4OS. The largest absolute Gasteiger partial charge is 0.334 e. The minimum absolute atomic E-state index is 0.162. The molecule has 0 atom stereocenters. The molecule has 1 aromatic rings. The fourth-order valence-electron chi connectivity index (χ4n) is 0.902. The summed E-state index contributed by atoms with van der Waals surface area (Å²) in [6.45, 7) is 0.576. The number of nitrogens with zero attached hydrogens (tertiary/aromatic N) is 3. The van der Waals surface area contributed by atoms with E-state index in [4.69, 9.17) is 0 Å². The van der Waals surface area contributed by atoms with E-state index in [1.807, 2.05) is 6.08 Å². The Morgan fingerprint density at radius 1 is 1.67 bits per heavy atom. The summed E-state index contributed by atoms with van der Waals surface area (Å²) in [6, 6.07) is -0.162. The molecule has 0 bridgehead atoms. The van der Waals surface area contributed by atoms with Crippen LogP contribution < -0.4 is 10.2 Å². The molecule has 0 spiro atoms. The van der Waals surface area contributed by atoms with E-state index in [1.165, 1.54) is 16.4 Å². The van der Waals surface area contributed by atoms with Gasteiger partial charge in [-0.05, 0) is 17.6 Å². The van der Waals surface area contributed by atoms with Gasteiger partial charge in [-0.15, -0.1) is 5.10 Å². The molecule has 2 heterocycles. The molecule has 0 saturated carbocycles.